The third-order valence-electron chi connectivity index (χ3n) is 6.13. The summed E-state index contributed by atoms with van der Waals surface area (Å²) in [6, 6.07) is 4.12. The number of nitrogens with one attached hydrogen (secondary N) is 2. The molecule has 1 aromatic heterocycles. The molecule has 158 valence electrons. The van der Waals surface area contributed by atoms with Crippen molar-refractivity contribution in [2.75, 3.05) is 31.1 Å². The first-order chi connectivity index (χ1) is 12.6. The summed E-state index contributed by atoms with van der Waals surface area (Å²) in [5.74, 6) is 1.41. The fourth-order valence-corrected chi connectivity index (χ4v) is 4.58. The molecule has 1 spiro atoms. The zero-order valence-electron chi connectivity index (χ0n) is 16.6. The van der Waals surface area contributed by atoms with Crippen LogP contribution in [0.2, 0.25) is 0 Å². The molecule has 3 fully saturated rings. The van der Waals surface area contributed by atoms with Gasteiger partial charge in [-0.1, -0.05) is 6.07 Å². The quantitative estimate of drug-likeness (QED) is 0.767. The third-order valence-corrected chi connectivity index (χ3v) is 6.13. The number of halogens is 2. The van der Waals surface area contributed by atoms with Gasteiger partial charge in [-0.15, -0.1) is 24.8 Å². The van der Waals surface area contributed by atoms with E-state index in [2.05, 4.69) is 46.5 Å². The van der Waals surface area contributed by atoms with Crippen molar-refractivity contribution in [1.29, 1.82) is 0 Å². The Kier molecular flexibility index (Phi) is 7.97. The number of nitrogens with zero attached hydrogens (tertiary/aromatic N) is 2. The highest BCUT2D eigenvalue weighted by atomic mass is 35.5. The zero-order valence-corrected chi connectivity index (χ0v) is 18.3. The van der Waals surface area contributed by atoms with Crippen molar-refractivity contribution in [1.82, 2.24) is 15.6 Å². The molecule has 0 bridgehead atoms. The second-order valence-corrected chi connectivity index (χ2v) is 8.27. The molecule has 1 saturated carbocycles. The smallest absolute Gasteiger partial charge is 0.223 e. The van der Waals surface area contributed by atoms with Crippen LogP contribution in [0.5, 0.6) is 0 Å². The van der Waals surface area contributed by atoms with E-state index >= 15 is 0 Å². The molecular formula is C20H32Cl2N4O2. The molecule has 3 atom stereocenters. The average molecular weight is 431 g/mol. The maximum atomic E-state index is 12.5. The molecule has 0 aromatic carbocycles. The topological polar surface area (TPSA) is 66.5 Å². The van der Waals surface area contributed by atoms with Crippen LogP contribution in [0.25, 0.3) is 0 Å². The van der Waals surface area contributed by atoms with Crippen LogP contribution in [0, 0.1) is 11.3 Å². The Hall–Kier alpha value is -1.08. The van der Waals surface area contributed by atoms with Crippen LogP contribution in [0.3, 0.4) is 0 Å². The fourth-order valence-electron chi connectivity index (χ4n) is 4.58. The lowest BCUT2D eigenvalue weighted by atomic mass is 9.92. The SMILES string of the molecule is CC1CN(c2ccc(CNC(=O)C3CC34CCNCC4)cn2)CC(C)O1.Cl.Cl. The van der Waals surface area contributed by atoms with Crippen molar-refractivity contribution in [2.24, 2.45) is 11.3 Å². The molecular weight excluding hydrogens is 399 g/mol. The molecule has 3 heterocycles. The summed E-state index contributed by atoms with van der Waals surface area (Å²) in [5.41, 5.74) is 1.35. The summed E-state index contributed by atoms with van der Waals surface area (Å²) >= 11 is 0. The maximum absolute atomic E-state index is 12.5. The Bertz CT molecular complexity index is 642. The number of carbonyl (C=O) groups excluding carboxylic acids is 1. The lowest BCUT2D eigenvalue weighted by molar-refractivity contribution is -0.123. The van der Waals surface area contributed by atoms with E-state index in [9.17, 15) is 4.79 Å². The summed E-state index contributed by atoms with van der Waals surface area (Å²) < 4.78 is 5.78. The van der Waals surface area contributed by atoms with Gasteiger partial charge in [0.1, 0.15) is 5.82 Å². The van der Waals surface area contributed by atoms with Gasteiger partial charge in [0.2, 0.25) is 5.91 Å². The highest BCUT2D eigenvalue weighted by Gasteiger charge is 2.57. The Morgan fingerprint density at radius 2 is 1.93 bits per heavy atom. The number of hydrogen-bond acceptors (Lipinski definition) is 5. The molecule has 1 amide bonds. The average Bonchev–Trinajstić information content (AvgIpc) is 3.33. The maximum Gasteiger partial charge on any atom is 0.223 e. The van der Waals surface area contributed by atoms with Gasteiger partial charge in [0, 0.05) is 31.7 Å². The molecule has 2 saturated heterocycles. The molecule has 3 aliphatic rings. The highest BCUT2D eigenvalue weighted by molar-refractivity contribution is 5.85. The van der Waals surface area contributed by atoms with Gasteiger partial charge in [0.15, 0.2) is 0 Å². The van der Waals surface area contributed by atoms with Crippen LogP contribution < -0.4 is 15.5 Å². The summed E-state index contributed by atoms with van der Waals surface area (Å²) in [7, 11) is 0. The minimum absolute atomic E-state index is 0. The molecule has 2 aliphatic heterocycles. The summed E-state index contributed by atoms with van der Waals surface area (Å²) in [6.45, 7) is 8.59. The Balaban J connectivity index is 0.00000140. The highest BCUT2D eigenvalue weighted by Crippen LogP contribution is 2.58. The number of carbonyl (C=O) groups is 1. The van der Waals surface area contributed by atoms with Crippen molar-refractivity contribution < 1.29 is 9.53 Å². The number of amides is 1. The van der Waals surface area contributed by atoms with Crippen molar-refractivity contribution in [3.8, 4) is 0 Å². The van der Waals surface area contributed by atoms with Crippen LogP contribution in [-0.2, 0) is 16.1 Å². The molecule has 6 nitrogen and oxygen atoms in total. The molecule has 8 heteroatoms. The molecule has 1 aliphatic carbocycles. The van der Waals surface area contributed by atoms with Crippen LogP contribution >= 0.6 is 24.8 Å². The van der Waals surface area contributed by atoms with E-state index < -0.39 is 0 Å². The van der Waals surface area contributed by atoms with E-state index in [-0.39, 0.29) is 48.8 Å². The first-order valence-electron chi connectivity index (χ1n) is 9.89. The predicted octanol–water partition coefficient (Wildman–Crippen LogP) is 2.54. The Morgan fingerprint density at radius 3 is 2.54 bits per heavy atom. The number of ether oxygens (including phenoxy) is 1. The van der Waals surface area contributed by atoms with Gasteiger partial charge in [0.25, 0.3) is 0 Å². The third kappa shape index (κ3) is 5.09. The number of aromatic nitrogens is 1. The Morgan fingerprint density at radius 1 is 1.25 bits per heavy atom. The number of anilines is 1. The van der Waals surface area contributed by atoms with Gasteiger partial charge in [-0.2, -0.15) is 0 Å². The van der Waals surface area contributed by atoms with E-state index in [0.29, 0.717) is 12.0 Å². The molecule has 4 rings (SSSR count). The number of morpholine rings is 1. The first-order valence-corrected chi connectivity index (χ1v) is 9.89. The summed E-state index contributed by atoms with van der Waals surface area (Å²) in [4.78, 5) is 19.3. The molecule has 0 radical (unpaired) electrons. The van der Waals surface area contributed by atoms with Crippen LogP contribution in [0.4, 0.5) is 5.82 Å². The fraction of sp³-hybridized carbons (Fsp3) is 0.700. The van der Waals surface area contributed by atoms with E-state index in [4.69, 9.17) is 4.74 Å². The van der Waals surface area contributed by atoms with Crippen LogP contribution in [0.1, 0.15) is 38.7 Å². The van der Waals surface area contributed by atoms with Gasteiger partial charge in [-0.3, -0.25) is 4.79 Å². The lowest BCUT2D eigenvalue weighted by Gasteiger charge is -2.36. The molecule has 2 N–H and O–H groups in total. The van der Waals surface area contributed by atoms with Crippen molar-refractivity contribution >= 4 is 36.5 Å². The lowest BCUT2D eigenvalue weighted by Crippen LogP contribution is -2.45. The second kappa shape index (κ2) is 9.61. The Labute approximate surface area is 180 Å². The van der Waals surface area contributed by atoms with E-state index in [1.165, 1.54) is 0 Å². The van der Waals surface area contributed by atoms with Crippen LogP contribution in [0.15, 0.2) is 18.3 Å². The van der Waals surface area contributed by atoms with Gasteiger partial charge in [-0.05, 0) is 63.2 Å². The van der Waals surface area contributed by atoms with Gasteiger partial charge in [0.05, 0.1) is 12.2 Å². The number of piperidine rings is 1. The monoisotopic (exact) mass is 430 g/mol. The van der Waals surface area contributed by atoms with Gasteiger partial charge >= 0.3 is 0 Å². The number of hydrogen-bond donors (Lipinski definition) is 2. The normalized spacial score (nSPS) is 28.1. The summed E-state index contributed by atoms with van der Waals surface area (Å²) in [6.07, 6.45) is 5.66. The minimum atomic E-state index is 0. The van der Waals surface area contributed by atoms with Crippen molar-refractivity contribution in [3.05, 3.63) is 23.9 Å². The second-order valence-electron chi connectivity index (χ2n) is 8.27. The number of pyridine rings is 1. The first kappa shape index (κ1) is 23.2. The van der Waals surface area contributed by atoms with E-state index in [1.807, 2.05) is 6.20 Å². The zero-order chi connectivity index (χ0) is 18.1. The predicted molar refractivity (Wildman–Crippen MR) is 115 cm³/mol. The standard InChI is InChI=1S/C20H30N4O2.2ClH/c1-14-12-24(13-15(2)26-14)18-4-3-16(10-22-18)11-23-19(25)17-9-20(17)5-7-21-8-6-20;;/h3-4,10,14-15,17,21H,5-9,11-13H2,1-2H3,(H,23,25);2*1H. The molecule has 28 heavy (non-hydrogen) atoms. The van der Waals surface area contributed by atoms with Gasteiger partial charge in [-0.25, -0.2) is 4.98 Å². The van der Waals surface area contributed by atoms with Gasteiger partial charge < -0.3 is 20.3 Å². The van der Waals surface area contributed by atoms with Crippen molar-refractivity contribution in [2.45, 2.75) is 51.9 Å². The van der Waals surface area contributed by atoms with Crippen LogP contribution in [-0.4, -0.2) is 49.3 Å². The van der Waals surface area contributed by atoms with Crippen molar-refractivity contribution in [3.63, 3.8) is 0 Å². The minimum Gasteiger partial charge on any atom is -0.372 e. The van der Waals surface area contributed by atoms with E-state index in [0.717, 1.165) is 56.8 Å². The van der Waals surface area contributed by atoms with E-state index in [1.54, 1.807) is 0 Å². The largest absolute Gasteiger partial charge is 0.372 e. The molecule has 1 aromatic rings. The summed E-state index contributed by atoms with van der Waals surface area (Å²) in [5, 5.41) is 6.50. The number of rotatable bonds is 4. The molecule has 3 unspecified atom stereocenters.